The lowest BCUT2D eigenvalue weighted by Crippen LogP contribution is -2.42. The van der Waals surface area contributed by atoms with Gasteiger partial charge in [-0.3, -0.25) is 14.5 Å². The van der Waals surface area contributed by atoms with E-state index in [1.54, 1.807) is 29.2 Å². The van der Waals surface area contributed by atoms with Crippen LogP contribution in [0.3, 0.4) is 0 Å². The maximum atomic E-state index is 13.2. The number of likely N-dealkylation sites (tertiary alicyclic amines) is 1. The van der Waals surface area contributed by atoms with Crippen molar-refractivity contribution < 1.29 is 24.2 Å². The smallest absolute Gasteiger partial charge is 0.295 e. The van der Waals surface area contributed by atoms with E-state index >= 15 is 0 Å². The number of ketones is 1. The van der Waals surface area contributed by atoms with Gasteiger partial charge in [-0.25, -0.2) is 0 Å². The van der Waals surface area contributed by atoms with Crippen molar-refractivity contribution in [2.75, 3.05) is 39.4 Å². The summed E-state index contributed by atoms with van der Waals surface area (Å²) in [6.07, 6.45) is 0. The fraction of sp³-hybridized carbons (Fsp3) is 0.267. The van der Waals surface area contributed by atoms with Crippen LogP contribution in [-0.4, -0.2) is 66.0 Å². The van der Waals surface area contributed by atoms with Crippen LogP contribution in [0.15, 0.2) is 90.5 Å². The molecule has 7 nitrogen and oxygen atoms in total. The van der Waals surface area contributed by atoms with Crippen molar-refractivity contribution in [1.29, 1.82) is 0 Å². The van der Waals surface area contributed by atoms with E-state index in [0.29, 0.717) is 44.2 Å². The van der Waals surface area contributed by atoms with Gasteiger partial charge in [0, 0.05) is 31.7 Å². The SMILES string of the molecule is O=C1C(=O)N(CCN2CCOCC2)C(c2ccccc2)/C1=C(\O)c1ccc(OCc2ccccc2)cc1. The predicted octanol–water partition coefficient (Wildman–Crippen LogP) is 4.02. The highest BCUT2D eigenvalue weighted by Crippen LogP contribution is 2.39. The van der Waals surface area contributed by atoms with Crippen molar-refractivity contribution in [2.45, 2.75) is 12.6 Å². The third-order valence-electron chi connectivity index (χ3n) is 6.79. The first kappa shape index (κ1) is 24.7. The summed E-state index contributed by atoms with van der Waals surface area (Å²) in [5.41, 5.74) is 2.40. The number of nitrogens with zero attached hydrogens (tertiary/aromatic N) is 2. The zero-order chi connectivity index (χ0) is 25.6. The number of Topliss-reactive ketones (excluding diaryl/α,β-unsaturated/α-hetero) is 1. The lowest BCUT2D eigenvalue weighted by molar-refractivity contribution is -0.140. The minimum absolute atomic E-state index is 0.108. The average Bonchev–Trinajstić information content (AvgIpc) is 3.21. The summed E-state index contributed by atoms with van der Waals surface area (Å²) in [5, 5.41) is 11.3. The molecule has 1 unspecified atom stereocenters. The van der Waals surface area contributed by atoms with Gasteiger partial charge >= 0.3 is 0 Å². The Balaban J connectivity index is 1.40. The topological polar surface area (TPSA) is 79.3 Å². The van der Waals surface area contributed by atoms with Crippen LogP contribution in [0.2, 0.25) is 0 Å². The Bertz CT molecular complexity index is 1250. The van der Waals surface area contributed by atoms with Gasteiger partial charge in [-0.15, -0.1) is 0 Å². The van der Waals surface area contributed by atoms with E-state index in [2.05, 4.69) is 4.90 Å². The number of aliphatic hydroxyl groups excluding tert-OH is 1. The Hall–Kier alpha value is -3.94. The van der Waals surface area contributed by atoms with Gasteiger partial charge in [0.05, 0.1) is 24.8 Å². The second-order valence-corrected chi connectivity index (χ2v) is 9.16. The van der Waals surface area contributed by atoms with Crippen LogP contribution >= 0.6 is 0 Å². The van der Waals surface area contributed by atoms with E-state index in [1.807, 2.05) is 60.7 Å². The molecule has 2 saturated heterocycles. The fourth-order valence-electron chi connectivity index (χ4n) is 4.77. The third-order valence-corrected chi connectivity index (χ3v) is 6.79. The summed E-state index contributed by atoms with van der Waals surface area (Å²) in [4.78, 5) is 30.2. The normalized spacial score (nSPS) is 19.8. The first-order valence-corrected chi connectivity index (χ1v) is 12.5. The molecule has 2 fully saturated rings. The summed E-state index contributed by atoms with van der Waals surface area (Å²) in [5.74, 6) is -0.800. The molecule has 2 aliphatic heterocycles. The summed E-state index contributed by atoms with van der Waals surface area (Å²) in [6, 6.07) is 25.5. The second kappa shape index (κ2) is 11.4. The van der Waals surface area contributed by atoms with Crippen molar-refractivity contribution in [1.82, 2.24) is 9.80 Å². The molecule has 0 aromatic heterocycles. The highest BCUT2D eigenvalue weighted by Gasteiger charge is 2.45. The summed E-state index contributed by atoms with van der Waals surface area (Å²) in [7, 11) is 0. The molecule has 190 valence electrons. The van der Waals surface area contributed by atoms with Crippen molar-refractivity contribution in [3.63, 3.8) is 0 Å². The number of ether oxygens (including phenoxy) is 2. The van der Waals surface area contributed by atoms with Gasteiger partial charge < -0.3 is 19.5 Å². The second-order valence-electron chi connectivity index (χ2n) is 9.16. The summed E-state index contributed by atoms with van der Waals surface area (Å²) in [6.45, 7) is 4.34. The Morgan fingerprint density at radius 2 is 1.51 bits per heavy atom. The first-order valence-electron chi connectivity index (χ1n) is 12.5. The van der Waals surface area contributed by atoms with E-state index in [1.165, 1.54) is 0 Å². The van der Waals surface area contributed by atoms with Gasteiger partial charge in [0.25, 0.3) is 11.7 Å². The molecule has 0 spiro atoms. The van der Waals surface area contributed by atoms with Crippen LogP contribution in [0.1, 0.15) is 22.7 Å². The monoisotopic (exact) mass is 498 g/mol. The maximum Gasteiger partial charge on any atom is 0.295 e. The molecule has 0 saturated carbocycles. The van der Waals surface area contributed by atoms with Crippen LogP contribution in [0.25, 0.3) is 5.76 Å². The molecular weight excluding hydrogens is 468 g/mol. The molecular formula is C30H30N2O5. The zero-order valence-corrected chi connectivity index (χ0v) is 20.6. The van der Waals surface area contributed by atoms with Crippen LogP contribution in [0.4, 0.5) is 0 Å². The van der Waals surface area contributed by atoms with Crippen LogP contribution in [0.5, 0.6) is 5.75 Å². The number of amides is 1. The molecule has 7 heteroatoms. The molecule has 5 rings (SSSR count). The Labute approximate surface area is 216 Å². The molecule has 3 aromatic carbocycles. The largest absolute Gasteiger partial charge is 0.507 e. The van der Waals surface area contributed by atoms with Crippen LogP contribution in [0, 0.1) is 0 Å². The molecule has 0 radical (unpaired) electrons. The highest BCUT2D eigenvalue weighted by atomic mass is 16.5. The van der Waals surface area contributed by atoms with E-state index in [9.17, 15) is 14.7 Å². The fourth-order valence-corrected chi connectivity index (χ4v) is 4.77. The molecule has 2 aliphatic rings. The van der Waals surface area contributed by atoms with Crippen molar-refractivity contribution in [3.8, 4) is 5.75 Å². The number of aliphatic hydroxyl groups is 1. The minimum Gasteiger partial charge on any atom is -0.507 e. The lowest BCUT2D eigenvalue weighted by Gasteiger charge is -2.31. The van der Waals surface area contributed by atoms with Gasteiger partial charge in [0.2, 0.25) is 0 Å². The molecule has 0 bridgehead atoms. The van der Waals surface area contributed by atoms with Crippen LogP contribution in [-0.2, 0) is 20.9 Å². The van der Waals surface area contributed by atoms with Gasteiger partial charge in [0.1, 0.15) is 18.1 Å². The molecule has 3 aromatic rings. The van der Waals surface area contributed by atoms with Crippen molar-refractivity contribution in [2.24, 2.45) is 0 Å². The number of morpholine rings is 1. The lowest BCUT2D eigenvalue weighted by atomic mass is 9.95. The molecule has 2 heterocycles. The third kappa shape index (κ3) is 5.58. The number of hydrogen-bond donors (Lipinski definition) is 1. The maximum absolute atomic E-state index is 13.2. The zero-order valence-electron chi connectivity index (χ0n) is 20.6. The number of carbonyl (C=O) groups excluding carboxylic acids is 2. The van der Waals surface area contributed by atoms with E-state index in [-0.39, 0.29) is 11.3 Å². The van der Waals surface area contributed by atoms with Crippen LogP contribution < -0.4 is 4.74 Å². The standard InChI is InChI=1S/C30H30N2O5/c33-28(24-11-13-25(14-12-24)37-21-22-7-3-1-4-8-22)26-27(23-9-5-2-6-10-23)32(30(35)29(26)34)16-15-31-17-19-36-20-18-31/h1-14,27,33H,15-21H2/b28-26+. The molecule has 1 N–H and O–H groups in total. The van der Waals surface area contributed by atoms with E-state index in [0.717, 1.165) is 24.2 Å². The first-order chi connectivity index (χ1) is 18.1. The summed E-state index contributed by atoms with van der Waals surface area (Å²) < 4.78 is 11.3. The molecule has 0 aliphatic carbocycles. The Morgan fingerprint density at radius 3 is 2.19 bits per heavy atom. The van der Waals surface area contributed by atoms with Gasteiger partial charge in [-0.1, -0.05) is 60.7 Å². The summed E-state index contributed by atoms with van der Waals surface area (Å²) >= 11 is 0. The molecule has 1 atom stereocenters. The quantitative estimate of drug-likeness (QED) is 0.287. The van der Waals surface area contributed by atoms with Gasteiger partial charge in [-0.2, -0.15) is 0 Å². The van der Waals surface area contributed by atoms with Crippen molar-refractivity contribution in [3.05, 3.63) is 107 Å². The number of carbonyl (C=O) groups is 2. The number of hydrogen-bond acceptors (Lipinski definition) is 6. The molecule has 1 amide bonds. The highest BCUT2D eigenvalue weighted by molar-refractivity contribution is 6.46. The molecule has 37 heavy (non-hydrogen) atoms. The Kier molecular flexibility index (Phi) is 7.63. The van der Waals surface area contributed by atoms with Gasteiger partial charge in [0.15, 0.2) is 0 Å². The predicted molar refractivity (Wildman–Crippen MR) is 140 cm³/mol. The number of rotatable bonds is 8. The van der Waals surface area contributed by atoms with E-state index in [4.69, 9.17) is 9.47 Å². The van der Waals surface area contributed by atoms with Crippen molar-refractivity contribution >= 4 is 17.4 Å². The van der Waals surface area contributed by atoms with Gasteiger partial charge in [-0.05, 0) is 35.4 Å². The van der Waals surface area contributed by atoms with E-state index < -0.39 is 17.7 Å². The Morgan fingerprint density at radius 1 is 0.865 bits per heavy atom. The minimum atomic E-state index is -0.669. The average molecular weight is 499 g/mol. The number of benzene rings is 3.